The SMILES string of the molecule is CC(=O)N(C)CC1(c2ccc(C)cc2)CCCC1. The summed E-state index contributed by atoms with van der Waals surface area (Å²) in [5.74, 6) is 0.161. The first-order chi connectivity index (χ1) is 8.53. The number of benzene rings is 1. The van der Waals surface area contributed by atoms with Gasteiger partial charge in [0.05, 0.1) is 0 Å². The van der Waals surface area contributed by atoms with Crippen LogP contribution in [0.4, 0.5) is 0 Å². The highest BCUT2D eigenvalue weighted by Crippen LogP contribution is 2.41. The fourth-order valence-corrected chi connectivity index (χ4v) is 3.06. The van der Waals surface area contributed by atoms with Crippen LogP contribution in [-0.2, 0) is 10.2 Å². The first-order valence-corrected chi connectivity index (χ1v) is 6.82. The molecule has 98 valence electrons. The average molecular weight is 245 g/mol. The fourth-order valence-electron chi connectivity index (χ4n) is 3.06. The first kappa shape index (κ1) is 13.1. The minimum Gasteiger partial charge on any atom is -0.345 e. The number of rotatable bonds is 3. The molecule has 0 saturated heterocycles. The Morgan fingerprint density at radius 3 is 2.28 bits per heavy atom. The predicted molar refractivity (Wildman–Crippen MR) is 74.6 cm³/mol. The molecule has 1 fully saturated rings. The summed E-state index contributed by atoms with van der Waals surface area (Å²) >= 11 is 0. The van der Waals surface area contributed by atoms with Crippen LogP contribution in [0.25, 0.3) is 0 Å². The lowest BCUT2D eigenvalue weighted by Gasteiger charge is -2.34. The number of hydrogen-bond acceptors (Lipinski definition) is 1. The van der Waals surface area contributed by atoms with Crippen molar-refractivity contribution in [3.05, 3.63) is 35.4 Å². The molecular formula is C16H23NO. The normalized spacial score (nSPS) is 17.7. The monoisotopic (exact) mass is 245 g/mol. The van der Waals surface area contributed by atoms with Crippen LogP contribution >= 0.6 is 0 Å². The number of carbonyl (C=O) groups excluding carboxylic acids is 1. The van der Waals surface area contributed by atoms with Gasteiger partial charge in [-0.2, -0.15) is 0 Å². The molecule has 2 heteroatoms. The molecule has 0 radical (unpaired) electrons. The summed E-state index contributed by atoms with van der Waals surface area (Å²) in [5, 5.41) is 0. The molecule has 0 atom stereocenters. The number of likely N-dealkylation sites (N-methyl/N-ethyl adjacent to an activating group) is 1. The lowest BCUT2D eigenvalue weighted by atomic mass is 9.78. The predicted octanol–water partition coefficient (Wildman–Crippen LogP) is 3.29. The van der Waals surface area contributed by atoms with Crippen LogP contribution in [-0.4, -0.2) is 24.4 Å². The molecule has 1 aliphatic carbocycles. The highest BCUT2D eigenvalue weighted by molar-refractivity contribution is 5.73. The topological polar surface area (TPSA) is 20.3 Å². The van der Waals surface area contributed by atoms with Crippen molar-refractivity contribution in [3.8, 4) is 0 Å². The minimum atomic E-state index is 0.161. The maximum atomic E-state index is 11.5. The van der Waals surface area contributed by atoms with Gasteiger partial charge in [-0.3, -0.25) is 4.79 Å². The summed E-state index contributed by atoms with van der Waals surface area (Å²) in [6, 6.07) is 8.86. The third kappa shape index (κ3) is 2.58. The van der Waals surface area contributed by atoms with Gasteiger partial charge in [-0.05, 0) is 25.3 Å². The van der Waals surface area contributed by atoms with Gasteiger partial charge in [0, 0.05) is 25.9 Å². The number of amides is 1. The van der Waals surface area contributed by atoms with Crippen LogP contribution in [0.5, 0.6) is 0 Å². The second-order valence-corrected chi connectivity index (χ2v) is 5.73. The molecule has 0 aliphatic heterocycles. The van der Waals surface area contributed by atoms with Crippen molar-refractivity contribution < 1.29 is 4.79 Å². The van der Waals surface area contributed by atoms with E-state index in [1.807, 2.05) is 11.9 Å². The zero-order valence-electron chi connectivity index (χ0n) is 11.7. The average Bonchev–Trinajstić information content (AvgIpc) is 2.79. The number of carbonyl (C=O) groups is 1. The van der Waals surface area contributed by atoms with E-state index < -0.39 is 0 Å². The molecular weight excluding hydrogens is 222 g/mol. The maximum absolute atomic E-state index is 11.5. The van der Waals surface area contributed by atoms with Gasteiger partial charge in [-0.15, -0.1) is 0 Å². The molecule has 1 aromatic carbocycles. The molecule has 0 heterocycles. The van der Waals surface area contributed by atoms with Crippen molar-refractivity contribution in [2.75, 3.05) is 13.6 Å². The number of aryl methyl sites for hydroxylation is 1. The van der Waals surface area contributed by atoms with Crippen molar-refractivity contribution in [2.24, 2.45) is 0 Å². The molecule has 1 aromatic rings. The molecule has 0 aromatic heterocycles. The van der Waals surface area contributed by atoms with E-state index in [1.54, 1.807) is 6.92 Å². The van der Waals surface area contributed by atoms with Gasteiger partial charge in [0.15, 0.2) is 0 Å². The van der Waals surface area contributed by atoms with E-state index in [0.29, 0.717) is 0 Å². The summed E-state index contributed by atoms with van der Waals surface area (Å²) in [7, 11) is 1.91. The summed E-state index contributed by atoms with van der Waals surface area (Å²) < 4.78 is 0. The molecule has 0 unspecified atom stereocenters. The molecule has 1 aliphatic rings. The second-order valence-electron chi connectivity index (χ2n) is 5.73. The van der Waals surface area contributed by atoms with E-state index in [1.165, 1.54) is 36.8 Å². The van der Waals surface area contributed by atoms with E-state index in [0.717, 1.165) is 6.54 Å². The van der Waals surface area contributed by atoms with Gasteiger partial charge >= 0.3 is 0 Å². The number of hydrogen-bond donors (Lipinski definition) is 0. The minimum absolute atomic E-state index is 0.161. The summed E-state index contributed by atoms with van der Waals surface area (Å²) in [6.45, 7) is 4.62. The van der Waals surface area contributed by atoms with Gasteiger partial charge in [-0.1, -0.05) is 42.7 Å². The van der Waals surface area contributed by atoms with Gasteiger partial charge in [0.25, 0.3) is 0 Å². The first-order valence-electron chi connectivity index (χ1n) is 6.82. The van der Waals surface area contributed by atoms with Crippen LogP contribution < -0.4 is 0 Å². The Morgan fingerprint density at radius 1 is 1.22 bits per heavy atom. The van der Waals surface area contributed by atoms with Crippen LogP contribution in [0.15, 0.2) is 24.3 Å². The molecule has 2 nitrogen and oxygen atoms in total. The summed E-state index contributed by atoms with van der Waals surface area (Å²) in [6.07, 6.45) is 4.96. The zero-order valence-corrected chi connectivity index (χ0v) is 11.7. The lowest BCUT2D eigenvalue weighted by Crippen LogP contribution is -2.39. The van der Waals surface area contributed by atoms with Crippen molar-refractivity contribution in [1.82, 2.24) is 4.90 Å². The molecule has 2 rings (SSSR count). The van der Waals surface area contributed by atoms with Crippen LogP contribution in [0.1, 0.15) is 43.7 Å². The Morgan fingerprint density at radius 2 is 1.78 bits per heavy atom. The summed E-state index contributed by atoms with van der Waals surface area (Å²) in [4.78, 5) is 13.4. The summed E-state index contributed by atoms with van der Waals surface area (Å²) in [5.41, 5.74) is 2.89. The van der Waals surface area contributed by atoms with Crippen molar-refractivity contribution >= 4 is 5.91 Å². The molecule has 1 saturated carbocycles. The molecule has 1 amide bonds. The molecule has 18 heavy (non-hydrogen) atoms. The Labute approximate surface area is 110 Å². The highest BCUT2D eigenvalue weighted by Gasteiger charge is 2.36. The number of nitrogens with zero attached hydrogens (tertiary/aromatic N) is 1. The maximum Gasteiger partial charge on any atom is 0.219 e. The lowest BCUT2D eigenvalue weighted by molar-refractivity contribution is -0.128. The van der Waals surface area contributed by atoms with E-state index in [9.17, 15) is 4.79 Å². The van der Waals surface area contributed by atoms with Crippen LogP contribution in [0.2, 0.25) is 0 Å². The Kier molecular flexibility index (Phi) is 3.74. The molecule has 0 bridgehead atoms. The van der Waals surface area contributed by atoms with E-state index in [2.05, 4.69) is 31.2 Å². The standard InChI is InChI=1S/C16H23NO/c1-13-6-8-15(9-7-13)16(10-4-5-11-16)12-17(3)14(2)18/h6-9H,4-5,10-12H2,1-3H3. The molecule has 0 N–H and O–H groups in total. The van der Waals surface area contributed by atoms with Gasteiger partial charge in [-0.25, -0.2) is 0 Å². The van der Waals surface area contributed by atoms with Gasteiger partial charge in [0.2, 0.25) is 5.91 Å². The van der Waals surface area contributed by atoms with Gasteiger partial charge in [0.1, 0.15) is 0 Å². The Balaban J connectivity index is 2.26. The van der Waals surface area contributed by atoms with Crippen molar-refractivity contribution in [3.63, 3.8) is 0 Å². The second kappa shape index (κ2) is 5.13. The van der Waals surface area contributed by atoms with Crippen LogP contribution in [0, 0.1) is 6.92 Å². The van der Waals surface area contributed by atoms with E-state index in [-0.39, 0.29) is 11.3 Å². The third-order valence-electron chi connectivity index (χ3n) is 4.30. The Bertz CT molecular complexity index is 415. The van der Waals surface area contributed by atoms with Gasteiger partial charge < -0.3 is 4.90 Å². The Hall–Kier alpha value is -1.31. The third-order valence-corrected chi connectivity index (χ3v) is 4.30. The largest absolute Gasteiger partial charge is 0.345 e. The highest BCUT2D eigenvalue weighted by atomic mass is 16.2. The van der Waals surface area contributed by atoms with Crippen molar-refractivity contribution in [1.29, 1.82) is 0 Å². The van der Waals surface area contributed by atoms with E-state index >= 15 is 0 Å². The zero-order chi connectivity index (χ0) is 13.2. The van der Waals surface area contributed by atoms with E-state index in [4.69, 9.17) is 0 Å². The van der Waals surface area contributed by atoms with Crippen LogP contribution in [0.3, 0.4) is 0 Å². The van der Waals surface area contributed by atoms with Crippen molar-refractivity contribution in [2.45, 2.75) is 44.9 Å². The quantitative estimate of drug-likeness (QED) is 0.800. The fraction of sp³-hybridized carbons (Fsp3) is 0.562. The molecule has 0 spiro atoms. The smallest absolute Gasteiger partial charge is 0.219 e.